The lowest BCUT2D eigenvalue weighted by Gasteiger charge is -2.11. The number of halogens is 1. The topological polar surface area (TPSA) is 102 Å². The van der Waals surface area contributed by atoms with E-state index in [9.17, 15) is 9.59 Å². The molecule has 0 saturated heterocycles. The van der Waals surface area contributed by atoms with Gasteiger partial charge >= 0.3 is 5.97 Å². The molecule has 0 atom stereocenters. The lowest BCUT2D eigenvalue weighted by molar-refractivity contribution is 0.0697. The van der Waals surface area contributed by atoms with E-state index < -0.39 is 11.9 Å². The quantitative estimate of drug-likeness (QED) is 0.358. The number of carbonyl (C=O) groups excluding carboxylic acids is 1. The van der Waals surface area contributed by atoms with E-state index in [-0.39, 0.29) is 22.8 Å². The van der Waals surface area contributed by atoms with Crippen molar-refractivity contribution >= 4 is 29.2 Å². The highest BCUT2D eigenvalue weighted by molar-refractivity contribution is 6.34. The predicted molar refractivity (Wildman–Crippen MR) is 124 cm³/mol. The molecule has 1 heterocycles. The Morgan fingerprint density at radius 1 is 1.03 bits per heavy atom. The van der Waals surface area contributed by atoms with Gasteiger partial charge in [0.15, 0.2) is 0 Å². The van der Waals surface area contributed by atoms with E-state index in [1.54, 1.807) is 18.2 Å². The van der Waals surface area contributed by atoms with Crippen molar-refractivity contribution in [3.63, 3.8) is 0 Å². The zero-order chi connectivity index (χ0) is 23.4. The predicted octanol–water partition coefficient (Wildman–Crippen LogP) is 5.83. The fourth-order valence-corrected chi connectivity index (χ4v) is 3.43. The van der Waals surface area contributed by atoms with Crippen molar-refractivity contribution in [3.8, 4) is 17.0 Å². The second-order valence-electron chi connectivity index (χ2n) is 7.20. The number of aromatic carboxylic acids is 1. The molecule has 4 rings (SSSR count). The Kier molecular flexibility index (Phi) is 6.42. The number of nitrogens with one attached hydrogen (secondary N) is 1. The highest BCUT2D eigenvalue weighted by Crippen LogP contribution is 2.30. The minimum atomic E-state index is -1.11. The van der Waals surface area contributed by atoms with Gasteiger partial charge in [-0.2, -0.15) is 0 Å². The number of benzene rings is 3. The molecule has 0 saturated carbocycles. The standard InChI is InChI=1S/C25H19ClN2O5/c1-15-20(23(28-33-15)16-6-3-2-4-7-16)14-32-19-10-11-22(21(26)13-19)27-24(29)17-8-5-9-18(12-17)25(30)31/h2-13H,14H2,1H3,(H,27,29)(H,30,31). The summed E-state index contributed by atoms with van der Waals surface area (Å²) in [5.74, 6) is -0.415. The van der Waals surface area contributed by atoms with Crippen LogP contribution in [-0.2, 0) is 6.61 Å². The van der Waals surface area contributed by atoms with Crippen LogP contribution in [0.5, 0.6) is 5.75 Å². The van der Waals surface area contributed by atoms with Crippen LogP contribution in [-0.4, -0.2) is 22.1 Å². The lowest BCUT2D eigenvalue weighted by atomic mass is 10.1. The van der Waals surface area contributed by atoms with Crippen LogP contribution < -0.4 is 10.1 Å². The maximum absolute atomic E-state index is 12.5. The van der Waals surface area contributed by atoms with Crippen LogP contribution in [0.2, 0.25) is 5.02 Å². The summed E-state index contributed by atoms with van der Waals surface area (Å²) < 4.78 is 11.2. The first-order valence-corrected chi connectivity index (χ1v) is 10.4. The van der Waals surface area contributed by atoms with Gasteiger partial charge in [0.1, 0.15) is 23.8 Å². The summed E-state index contributed by atoms with van der Waals surface area (Å²) in [6.45, 7) is 2.05. The number of aryl methyl sites for hydroxylation is 1. The summed E-state index contributed by atoms with van der Waals surface area (Å²) >= 11 is 6.34. The van der Waals surface area contributed by atoms with E-state index >= 15 is 0 Å². The molecule has 0 radical (unpaired) electrons. The second-order valence-corrected chi connectivity index (χ2v) is 7.61. The number of hydrogen-bond acceptors (Lipinski definition) is 5. The van der Waals surface area contributed by atoms with E-state index in [4.69, 9.17) is 26.0 Å². The van der Waals surface area contributed by atoms with E-state index in [1.807, 2.05) is 37.3 Å². The highest BCUT2D eigenvalue weighted by atomic mass is 35.5. The minimum absolute atomic E-state index is 0.0244. The first-order chi connectivity index (χ1) is 15.9. The van der Waals surface area contributed by atoms with Crippen molar-refractivity contribution in [2.45, 2.75) is 13.5 Å². The number of aromatic nitrogens is 1. The maximum atomic E-state index is 12.5. The normalized spacial score (nSPS) is 10.6. The molecule has 0 spiro atoms. The molecule has 166 valence electrons. The zero-order valence-electron chi connectivity index (χ0n) is 17.5. The van der Waals surface area contributed by atoms with E-state index in [1.165, 1.54) is 24.3 Å². The third-order valence-corrected chi connectivity index (χ3v) is 5.29. The van der Waals surface area contributed by atoms with Crippen LogP contribution in [0.15, 0.2) is 77.3 Å². The number of nitrogens with zero attached hydrogens (tertiary/aromatic N) is 1. The third kappa shape index (κ3) is 5.05. The number of ether oxygens (including phenoxy) is 1. The molecular weight excluding hydrogens is 444 g/mol. The van der Waals surface area contributed by atoms with Crippen molar-refractivity contribution in [1.82, 2.24) is 5.16 Å². The molecule has 8 heteroatoms. The Balaban J connectivity index is 1.46. The van der Waals surface area contributed by atoms with Gasteiger partial charge in [-0.1, -0.05) is 53.2 Å². The molecule has 4 aromatic rings. The van der Waals surface area contributed by atoms with Gasteiger partial charge in [0.05, 0.1) is 21.8 Å². The fraction of sp³-hybridized carbons (Fsp3) is 0.0800. The highest BCUT2D eigenvalue weighted by Gasteiger charge is 2.16. The Morgan fingerprint density at radius 3 is 2.52 bits per heavy atom. The van der Waals surface area contributed by atoms with Gasteiger partial charge in [-0.3, -0.25) is 4.79 Å². The van der Waals surface area contributed by atoms with Crippen LogP contribution >= 0.6 is 11.6 Å². The average Bonchev–Trinajstić information content (AvgIpc) is 3.20. The maximum Gasteiger partial charge on any atom is 0.335 e. The smallest absolute Gasteiger partial charge is 0.335 e. The summed E-state index contributed by atoms with van der Waals surface area (Å²) in [7, 11) is 0. The Morgan fingerprint density at radius 2 is 1.79 bits per heavy atom. The number of rotatable bonds is 7. The van der Waals surface area contributed by atoms with Gasteiger partial charge in [-0.05, 0) is 37.3 Å². The molecule has 0 fully saturated rings. The minimum Gasteiger partial charge on any atom is -0.489 e. The van der Waals surface area contributed by atoms with Crippen molar-refractivity contribution in [2.24, 2.45) is 0 Å². The summed E-state index contributed by atoms with van der Waals surface area (Å²) in [6.07, 6.45) is 0. The van der Waals surface area contributed by atoms with Crippen molar-refractivity contribution in [2.75, 3.05) is 5.32 Å². The number of carbonyl (C=O) groups is 2. The van der Waals surface area contributed by atoms with Crippen LogP contribution in [0, 0.1) is 6.92 Å². The van der Waals surface area contributed by atoms with Crippen LogP contribution in [0.1, 0.15) is 32.0 Å². The lowest BCUT2D eigenvalue weighted by Crippen LogP contribution is -2.13. The first kappa shape index (κ1) is 22.1. The Bertz CT molecular complexity index is 1320. The summed E-state index contributed by atoms with van der Waals surface area (Å²) in [4.78, 5) is 23.6. The van der Waals surface area contributed by atoms with Crippen LogP contribution in [0.3, 0.4) is 0 Å². The summed E-state index contributed by atoms with van der Waals surface area (Å²) in [5.41, 5.74) is 3.08. The molecule has 0 aliphatic rings. The summed E-state index contributed by atoms with van der Waals surface area (Å²) in [6, 6.07) is 20.3. The number of hydrogen-bond donors (Lipinski definition) is 2. The van der Waals surface area contributed by atoms with Gasteiger partial charge in [0, 0.05) is 17.2 Å². The fourth-order valence-electron chi connectivity index (χ4n) is 3.21. The zero-order valence-corrected chi connectivity index (χ0v) is 18.3. The number of anilines is 1. The number of carboxylic acid groups (broad SMARTS) is 1. The van der Waals surface area contributed by atoms with Crippen molar-refractivity contribution < 1.29 is 24.0 Å². The molecule has 0 aliphatic heterocycles. The van der Waals surface area contributed by atoms with Crippen molar-refractivity contribution in [3.05, 3.63) is 100 Å². The number of amides is 1. The van der Waals surface area contributed by atoms with Gasteiger partial charge in [-0.25, -0.2) is 4.79 Å². The average molecular weight is 463 g/mol. The molecule has 0 unspecified atom stereocenters. The molecule has 7 nitrogen and oxygen atoms in total. The van der Waals surface area contributed by atoms with E-state index in [2.05, 4.69) is 10.5 Å². The molecule has 0 bridgehead atoms. The molecule has 1 amide bonds. The van der Waals surface area contributed by atoms with Gasteiger partial charge in [0.2, 0.25) is 0 Å². The largest absolute Gasteiger partial charge is 0.489 e. The molecular formula is C25H19ClN2O5. The first-order valence-electron chi connectivity index (χ1n) is 10.00. The SMILES string of the molecule is Cc1onc(-c2ccccc2)c1COc1ccc(NC(=O)c2cccc(C(=O)O)c2)c(Cl)c1. The summed E-state index contributed by atoms with van der Waals surface area (Å²) in [5, 5.41) is 16.2. The Labute approximate surface area is 194 Å². The van der Waals surface area contributed by atoms with Crippen LogP contribution in [0.25, 0.3) is 11.3 Å². The van der Waals surface area contributed by atoms with E-state index in [0.29, 0.717) is 22.9 Å². The molecule has 0 aliphatic carbocycles. The molecule has 2 N–H and O–H groups in total. The number of carboxylic acids is 1. The van der Waals surface area contributed by atoms with Crippen LogP contribution in [0.4, 0.5) is 5.69 Å². The third-order valence-electron chi connectivity index (χ3n) is 4.98. The molecule has 33 heavy (non-hydrogen) atoms. The second kappa shape index (κ2) is 9.58. The van der Waals surface area contributed by atoms with Crippen molar-refractivity contribution in [1.29, 1.82) is 0 Å². The van der Waals surface area contributed by atoms with Gasteiger partial charge < -0.3 is 19.7 Å². The van der Waals surface area contributed by atoms with Gasteiger partial charge in [-0.15, -0.1) is 0 Å². The molecule has 1 aromatic heterocycles. The van der Waals surface area contributed by atoms with Gasteiger partial charge in [0.25, 0.3) is 5.91 Å². The van der Waals surface area contributed by atoms with E-state index in [0.717, 1.165) is 11.1 Å². The molecule has 3 aromatic carbocycles. The Hall–Kier alpha value is -4.10. The monoisotopic (exact) mass is 462 g/mol.